The molecule has 0 fully saturated rings. The average molecular weight is 187 g/mol. The molecule has 0 heterocycles. The molecule has 1 N–H and O–H groups in total. The standard InChI is InChI=1S/C7H7ClN2O2/c1-12-10-5-2-3-7(9-11)6(8)4-5/h2-4,10H,1H3. The van der Waals surface area contributed by atoms with E-state index in [4.69, 9.17) is 11.6 Å². The predicted octanol–water partition coefficient (Wildman–Crippen LogP) is 2.71. The first-order valence-electron chi connectivity index (χ1n) is 3.20. The first kappa shape index (κ1) is 8.96. The molecule has 0 bridgehead atoms. The number of hydrogen-bond donors (Lipinski definition) is 1. The van der Waals surface area contributed by atoms with Crippen LogP contribution in [0.4, 0.5) is 11.4 Å². The second-order valence-corrected chi connectivity index (χ2v) is 2.47. The third-order valence-electron chi connectivity index (χ3n) is 1.27. The molecule has 64 valence electrons. The first-order chi connectivity index (χ1) is 5.77. The van der Waals surface area contributed by atoms with E-state index in [1.165, 1.54) is 13.2 Å². The molecule has 0 saturated heterocycles. The molecule has 12 heavy (non-hydrogen) atoms. The van der Waals surface area contributed by atoms with Crippen molar-refractivity contribution in [2.24, 2.45) is 5.18 Å². The molecule has 5 heteroatoms. The fraction of sp³-hybridized carbons (Fsp3) is 0.143. The minimum Gasteiger partial charge on any atom is -0.279 e. The Hall–Kier alpha value is -1.13. The van der Waals surface area contributed by atoms with Gasteiger partial charge < -0.3 is 0 Å². The van der Waals surface area contributed by atoms with Gasteiger partial charge in [-0.25, -0.2) is 0 Å². The van der Waals surface area contributed by atoms with Crippen molar-refractivity contribution in [2.45, 2.75) is 0 Å². The quantitative estimate of drug-likeness (QED) is 0.583. The second kappa shape index (κ2) is 4.04. The SMILES string of the molecule is CONc1ccc(N=O)c(Cl)c1. The Morgan fingerprint density at radius 1 is 1.58 bits per heavy atom. The Morgan fingerprint density at radius 3 is 2.83 bits per heavy atom. The number of nitrogens with zero attached hydrogens (tertiary/aromatic N) is 1. The molecule has 0 aromatic heterocycles. The van der Waals surface area contributed by atoms with Crippen LogP contribution in [0.5, 0.6) is 0 Å². The van der Waals surface area contributed by atoms with Crippen LogP contribution in [-0.2, 0) is 4.84 Å². The lowest BCUT2D eigenvalue weighted by atomic mass is 10.3. The van der Waals surface area contributed by atoms with Crippen molar-refractivity contribution in [2.75, 3.05) is 12.6 Å². The van der Waals surface area contributed by atoms with E-state index in [1.54, 1.807) is 12.1 Å². The van der Waals surface area contributed by atoms with Gasteiger partial charge in [-0.15, -0.1) is 4.91 Å². The maximum absolute atomic E-state index is 10.1. The van der Waals surface area contributed by atoms with Crippen LogP contribution in [0.15, 0.2) is 23.4 Å². The van der Waals surface area contributed by atoms with Gasteiger partial charge in [-0.3, -0.25) is 10.3 Å². The summed E-state index contributed by atoms with van der Waals surface area (Å²) < 4.78 is 0. The van der Waals surface area contributed by atoms with Gasteiger partial charge in [-0.05, 0) is 23.4 Å². The lowest BCUT2D eigenvalue weighted by Gasteiger charge is -2.02. The zero-order valence-corrected chi connectivity index (χ0v) is 7.13. The van der Waals surface area contributed by atoms with Crippen LogP contribution in [0.2, 0.25) is 5.02 Å². The van der Waals surface area contributed by atoms with Crippen molar-refractivity contribution in [1.29, 1.82) is 0 Å². The van der Waals surface area contributed by atoms with E-state index in [0.29, 0.717) is 10.7 Å². The van der Waals surface area contributed by atoms with Gasteiger partial charge in [0.05, 0.1) is 17.8 Å². The Labute approximate surface area is 74.4 Å². The summed E-state index contributed by atoms with van der Waals surface area (Å²) in [6, 6.07) is 4.71. The van der Waals surface area contributed by atoms with E-state index in [-0.39, 0.29) is 5.69 Å². The Balaban J connectivity index is 2.93. The highest BCUT2D eigenvalue weighted by atomic mass is 35.5. The van der Waals surface area contributed by atoms with Crippen LogP contribution in [0.1, 0.15) is 0 Å². The molecule has 0 saturated carbocycles. The molecule has 0 amide bonds. The summed E-state index contributed by atoms with van der Waals surface area (Å²) in [6.07, 6.45) is 0. The number of halogens is 1. The van der Waals surface area contributed by atoms with Crippen LogP contribution in [-0.4, -0.2) is 7.11 Å². The Bertz CT molecular complexity index is 291. The average Bonchev–Trinajstić information content (AvgIpc) is 2.05. The number of nitroso groups, excluding NO2 is 1. The fourth-order valence-corrected chi connectivity index (χ4v) is 0.977. The zero-order chi connectivity index (χ0) is 8.97. The van der Waals surface area contributed by atoms with Gasteiger partial charge in [0.2, 0.25) is 0 Å². The van der Waals surface area contributed by atoms with Crippen molar-refractivity contribution in [3.8, 4) is 0 Å². The molecule has 1 rings (SSSR count). The van der Waals surface area contributed by atoms with Crippen LogP contribution >= 0.6 is 11.6 Å². The summed E-state index contributed by atoms with van der Waals surface area (Å²) in [6.45, 7) is 0. The molecular weight excluding hydrogens is 180 g/mol. The van der Waals surface area contributed by atoms with Crippen molar-refractivity contribution in [3.05, 3.63) is 28.1 Å². The van der Waals surface area contributed by atoms with Crippen LogP contribution in [0.25, 0.3) is 0 Å². The van der Waals surface area contributed by atoms with Gasteiger partial charge in [-0.2, -0.15) is 0 Å². The molecule has 1 aromatic carbocycles. The third kappa shape index (κ3) is 1.93. The van der Waals surface area contributed by atoms with Crippen molar-refractivity contribution in [3.63, 3.8) is 0 Å². The summed E-state index contributed by atoms with van der Waals surface area (Å²) >= 11 is 5.68. The predicted molar refractivity (Wildman–Crippen MR) is 47.5 cm³/mol. The lowest BCUT2D eigenvalue weighted by molar-refractivity contribution is 0.271. The minimum atomic E-state index is 0.221. The van der Waals surface area contributed by atoms with E-state index in [2.05, 4.69) is 15.5 Å². The van der Waals surface area contributed by atoms with Gasteiger partial charge in [0.1, 0.15) is 5.69 Å². The number of nitrogens with one attached hydrogen (secondary N) is 1. The largest absolute Gasteiger partial charge is 0.279 e. The molecule has 4 nitrogen and oxygen atoms in total. The summed E-state index contributed by atoms with van der Waals surface area (Å²) in [7, 11) is 1.49. The van der Waals surface area contributed by atoms with E-state index in [0.717, 1.165) is 0 Å². The highest BCUT2D eigenvalue weighted by Crippen LogP contribution is 2.27. The monoisotopic (exact) mass is 186 g/mol. The van der Waals surface area contributed by atoms with Crippen LogP contribution < -0.4 is 5.48 Å². The zero-order valence-electron chi connectivity index (χ0n) is 6.37. The summed E-state index contributed by atoms with van der Waals surface area (Å²) in [5.74, 6) is 0. The maximum atomic E-state index is 10.1. The molecule has 0 unspecified atom stereocenters. The van der Waals surface area contributed by atoms with Crippen molar-refractivity contribution < 1.29 is 4.84 Å². The number of hydrogen-bond acceptors (Lipinski definition) is 4. The maximum Gasteiger partial charge on any atom is 0.126 e. The van der Waals surface area contributed by atoms with Crippen LogP contribution in [0, 0.1) is 4.91 Å². The third-order valence-corrected chi connectivity index (χ3v) is 1.57. The van der Waals surface area contributed by atoms with Crippen molar-refractivity contribution >= 4 is 23.0 Å². The lowest BCUT2D eigenvalue weighted by Crippen LogP contribution is -1.94. The van der Waals surface area contributed by atoms with E-state index >= 15 is 0 Å². The topological polar surface area (TPSA) is 50.7 Å². The Kier molecular flexibility index (Phi) is 3.01. The molecular formula is C7H7ClN2O2. The molecule has 0 spiro atoms. The normalized spacial score (nSPS) is 9.50. The molecule has 0 atom stereocenters. The fourth-order valence-electron chi connectivity index (χ4n) is 0.762. The van der Waals surface area contributed by atoms with E-state index in [1.807, 2.05) is 0 Å². The van der Waals surface area contributed by atoms with Gasteiger partial charge in [0, 0.05) is 0 Å². The van der Waals surface area contributed by atoms with Crippen molar-refractivity contribution in [1.82, 2.24) is 0 Å². The summed E-state index contributed by atoms with van der Waals surface area (Å²) in [5.41, 5.74) is 3.47. The van der Waals surface area contributed by atoms with Gasteiger partial charge in [0.25, 0.3) is 0 Å². The Morgan fingerprint density at radius 2 is 2.33 bits per heavy atom. The molecule has 0 aliphatic carbocycles. The molecule has 0 aliphatic rings. The second-order valence-electron chi connectivity index (χ2n) is 2.06. The van der Waals surface area contributed by atoms with Crippen LogP contribution in [0.3, 0.4) is 0 Å². The summed E-state index contributed by atoms with van der Waals surface area (Å²) in [4.78, 5) is 14.7. The first-order valence-corrected chi connectivity index (χ1v) is 3.57. The highest BCUT2D eigenvalue weighted by Gasteiger charge is 2.00. The molecule has 0 aliphatic heterocycles. The minimum absolute atomic E-state index is 0.221. The van der Waals surface area contributed by atoms with E-state index in [9.17, 15) is 4.91 Å². The highest BCUT2D eigenvalue weighted by molar-refractivity contribution is 6.33. The van der Waals surface area contributed by atoms with E-state index < -0.39 is 0 Å². The molecule has 0 radical (unpaired) electrons. The smallest absolute Gasteiger partial charge is 0.126 e. The van der Waals surface area contributed by atoms with Gasteiger partial charge in [-0.1, -0.05) is 11.6 Å². The van der Waals surface area contributed by atoms with Gasteiger partial charge in [0.15, 0.2) is 0 Å². The summed E-state index contributed by atoms with van der Waals surface area (Å²) in [5, 5.41) is 3.02. The number of anilines is 1. The number of benzene rings is 1. The van der Waals surface area contributed by atoms with Gasteiger partial charge >= 0.3 is 0 Å². The molecule has 1 aromatic rings. The number of rotatable bonds is 3.